The second kappa shape index (κ2) is 28.4. The Morgan fingerprint density at radius 2 is 0.935 bits per heavy atom. The third-order valence-electron chi connectivity index (χ3n) is 25.8. The van der Waals surface area contributed by atoms with Crippen LogP contribution >= 0.6 is 0 Å². The molecule has 0 amide bonds. The first-order valence-corrected chi connectivity index (χ1v) is 36.7. The van der Waals surface area contributed by atoms with Crippen LogP contribution in [0.5, 0.6) is 0 Å². The quantitative estimate of drug-likeness (QED) is 0.161. The van der Waals surface area contributed by atoms with Gasteiger partial charge in [-0.05, 0) is 209 Å². The lowest BCUT2D eigenvalue weighted by atomic mass is 9.65. The Morgan fingerprint density at radius 3 is 1.47 bits per heavy atom. The summed E-state index contributed by atoms with van der Waals surface area (Å²) in [6, 6.07) is 0. The Labute approximate surface area is 544 Å². The molecule has 0 aromatic rings. The van der Waals surface area contributed by atoms with Crippen LogP contribution in [0.2, 0.25) is 0 Å². The third-order valence-corrected chi connectivity index (χ3v) is 25.8. The van der Waals surface area contributed by atoms with E-state index in [4.69, 9.17) is 42.6 Å². The fourth-order valence-corrected chi connectivity index (χ4v) is 21.0. The van der Waals surface area contributed by atoms with Gasteiger partial charge in [0.05, 0.1) is 79.9 Å². The monoisotopic (exact) mass is 1300 g/mol. The Hall–Kier alpha value is -5.34. The van der Waals surface area contributed by atoms with E-state index >= 15 is 0 Å². The summed E-state index contributed by atoms with van der Waals surface area (Å²) in [5, 5.41) is 0. The van der Waals surface area contributed by atoms with E-state index in [-0.39, 0.29) is 108 Å². The van der Waals surface area contributed by atoms with Gasteiger partial charge in [0.15, 0.2) is 0 Å². The molecule has 18 bridgehead atoms. The van der Waals surface area contributed by atoms with Crippen LogP contribution in [0, 0.1) is 107 Å². The van der Waals surface area contributed by atoms with Gasteiger partial charge in [-0.1, -0.05) is 12.8 Å². The molecule has 26 fully saturated rings. The molecule has 14 saturated heterocycles. The topological polar surface area (TPSA) is 272 Å². The number of carbonyl (C=O) groups excluding carboxylic acids is 10. The fourth-order valence-electron chi connectivity index (χ4n) is 21.0. The van der Waals surface area contributed by atoms with E-state index in [1.165, 1.54) is 77.0 Å². The summed E-state index contributed by atoms with van der Waals surface area (Å²) in [6.07, 6.45) is 37.6. The summed E-state index contributed by atoms with van der Waals surface area (Å²) in [5.74, 6) is 9.56. The zero-order chi connectivity index (χ0) is 64.0. The summed E-state index contributed by atoms with van der Waals surface area (Å²) >= 11 is 0. The van der Waals surface area contributed by atoms with Crippen LogP contribution in [0.25, 0.3) is 0 Å². The highest BCUT2D eigenvalue weighted by Crippen LogP contribution is 2.57. The average molecular weight is 1300 g/mol. The zero-order valence-corrected chi connectivity index (χ0v) is 54.0. The molecule has 24 unspecified atom stereocenters. The van der Waals surface area contributed by atoms with E-state index in [9.17, 15) is 47.9 Å². The first-order valence-electron chi connectivity index (χ1n) is 36.7. The number of ether oxygens (including phenoxy) is 11. The van der Waals surface area contributed by atoms with Crippen molar-refractivity contribution in [3.05, 3.63) is 0 Å². The highest BCUT2D eigenvalue weighted by atomic mass is 16.6. The van der Waals surface area contributed by atoms with Crippen LogP contribution in [0.1, 0.15) is 205 Å². The summed E-state index contributed by atoms with van der Waals surface area (Å²) < 4.78 is 55.5. The minimum absolute atomic E-state index is 0.0324. The number of hydrogen-bond acceptors (Lipinski definition) is 21. The fraction of sp³-hybridized carbons (Fsp3) is 0.861. The largest absolute Gasteiger partial charge is 0.466 e. The number of carbonyl (C=O) groups is 10. The number of cyclic esters (lactones) is 4. The normalized spacial score (nSPS) is 45.5. The molecule has 12 aliphatic carbocycles. The van der Waals surface area contributed by atoms with Gasteiger partial charge in [-0.3, -0.25) is 47.9 Å². The van der Waals surface area contributed by atoms with Gasteiger partial charge in [-0.25, -0.2) is 0 Å². The maximum absolute atomic E-state index is 11.2. The lowest BCUT2D eigenvalue weighted by Crippen LogP contribution is -2.39. The van der Waals surface area contributed by atoms with Gasteiger partial charge in [-0.2, -0.15) is 0 Å². The maximum atomic E-state index is 11.2. The summed E-state index contributed by atoms with van der Waals surface area (Å²) in [5.41, 5.74) is 0. The number of fused-ring (bicyclic) bond motifs is 15. The van der Waals surface area contributed by atoms with Crippen LogP contribution < -0.4 is 0 Å². The van der Waals surface area contributed by atoms with Gasteiger partial charge < -0.3 is 52.1 Å². The van der Waals surface area contributed by atoms with Crippen LogP contribution in [0.4, 0.5) is 0 Å². The predicted molar refractivity (Wildman–Crippen MR) is 322 cm³/mol. The highest BCUT2D eigenvalue weighted by molar-refractivity contribution is 5.79. The summed E-state index contributed by atoms with van der Waals surface area (Å²) in [6.45, 7) is 2.70. The van der Waals surface area contributed by atoms with E-state index in [2.05, 4.69) is 9.47 Å². The number of hydrogen-bond donors (Lipinski definition) is 0. The van der Waals surface area contributed by atoms with Gasteiger partial charge in [-0.15, -0.1) is 0 Å². The van der Waals surface area contributed by atoms with Crippen molar-refractivity contribution in [2.45, 2.75) is 254 Å². The molecule has 0 N–H and O–H groups in total. The van der Waals surface area contributed by atoms with E-state index < -0.39 is 0 Å². The molecular formula is C72H98O21. The predicted octanol–water partition coefficient (Wildman–Crippen LogP) is 9.15. The minimum Gasteiger partial charge on any atom is -0.466 e. The Balaban J connectivity index is 0.0000000899. The van der Waals surface area contributed by atoms with E-state index in [0.717, 1.165) is 146 Å². The Morgan fingerprint density at radius 1 is 0.280 bits per heavy atom. The third kappa shape index (κ3) is 14.3. The van der Waals surface area contributed by atoms with Crippen LogP contribution in [-0.2, 0) is 100 Å². The van der Waals surface area contributed by atoms with Crippen molar-refractivity contribution in [3.63, 3.8) is 0 Å². The molecule has 0 spiro atoms. The molecule has 24 atom stereocenters. The maximum Gasteiger partial charge on any atom is 0.312 e. The molecule has 12 saturated carbocycles. The molecule has 26 rings (SSSR count). The van der Waals surface area contributed by atoms with Crippen molar-refractivity contribution < 1.29 is 100 Å². The SMILES string of the molecule is O=C1CCCCO1.O=C1CCCO1.O=C1OC2CC3CC1C2C3.O=C1OC2CC3CC1C2O3.O=C1OC2CC3CC2CC13.O=C1OC2CC3CCC2C1C3.O=C1OC2CCC1CC2.O=C1OC2CCCC1C2.O=C1OCC2C3CCC(C3)C12.O=C1OCC2CCCCC12. The van der Waals surface area contributed by atoms with Crippen LogP contribution in [0.3, 0.4) is 0 Å². The summed E-state index contributed by atoms with van der Waals surface area (Å²) in [7, 11) is 0. The summed E-state index contributed by atoms with van der Waals surface area (Å²) in [4.78, 5) is 108. The molecule has 26 aliphatic rings. The van der Waals surface area contributed by atoms with E-state index in [1.54, 1.807) is 0 Å². The molecule has 14 aliphatic heterocycles. The molecule has 93 heavy (non-hydrogen) atoms. The number of esters is 10. The van der Waals surface area contributed by atoms with Crippen molar-refractivity contribution >= 4 is 59.7 Å². The van der Waals surface area contributed by atoms with E-state index in [0.29, 0.717) is 116 Å². The first-order chi connectivity index (χ1) is 45.1. The molecular weight excluding hydrogens is 1200 g/mol. The molecule has 0 radical (unpaired) electrons. The molecule has 21 nitrogen and oxygen atoms in total. The molecule has 21 heteroatoms. The van der Waals surface area contributed by atoms with Crippen LogP contribution in [0.15, 0.2) is 0 Å². The molecule has 512 valence electrons. The van der Waals surface area contributed by atoms with Crippen LogP contribution in [-0.4, -0.2) is 135 Å². The standard InChI is InChI=1S/2C9H12O2.2C8H10O2.C8H12O2.C7H8O3.2C7H10O2.C5H8O2.C4H6O2/c10-9-8-6-2-1-5(3-6)7(8)4-11-9;10-9-7-3-5-1-2-6(7)8(4-5)11-9;9-8-6-2-5-1-4(6)3-7(5)10-8;9-8-6-2-4-1-5(6)7(3-4)10-8;9-8-7-4-2-1-3-6(7)5-10-8;8-7-4-1-3-2-5(10-7)6(4)9-3;8-7-5-1-3-6(9-7)4-2-5;8-7-5-2-1-3-6(4-5)9-7;6-5-3-1-2-4-7-5;5-4-2-1-3-6-4/h2*5-8H,1-4H2;2*4-7H,1-3H2;6-7H,1-5H2;3-6H,1-2H2;2*5-6H,1-4H2;1-4H2;1-3H2. The zero-order valence-electron chi connectivity index (χ0n) is 54.0. The second-order valence-electron chi connectivity index (χ2n) is 31.3. The van der Waals surface area contributed by atoms with Crippen molar-refractivity contribution in [2.75, 3.05) is 26.4 Å². The first kappa shape index (κ1) is 65.0. The number of rotatable bonds is 0. The van der Waals surface area contributed by atoms with E-state index in [1.807, 2.05) is 0 Å². The van der Waals surface area contributed by atoms with Crippen molar-refractivity contribution in [3.8, 4) is 0 Å². The molecule has 0 aromatic heterocycles. The van der Waals surface area contributed by atoms with Gasteiger partial charge in [0.2, 0.25) is 0 Å². The average Bonchev–Trinajstić information content (AvgIpc) is 1.70. The van der Waals surface area contributed by atoms with Crippen molar-refractivity contribution in [1.82, 2.24) is 0 Å². The lowest BCUT2D eigenvalue weighted by molar-refractivity contribution is -0.170. The van der Waals surface area contributed by atoms with Gasteiger partial charge in [0, 0.05) is 42.9 Å². The molecule has 0 aromatic carbocycles. The second-order valence-corrected chi connectivity index (χ2v) is 31.3. The smallest absolute Gasteiger partial charge is 0.312 e. The Bertz CT molecular complexity index is 2700. The Kier molecular flexibility index (Phi) is 19.8. The lowest BCUT2D eigenvalue weighted by Gasteiger charge is -2.38. The minimum atomic E-state index is -0.0463. The molecule has 14 heterocycles. The van der Waals surface area contributed by atoms with Gasteiger partial charge in [0.1, 0.15) is 42.7 Å². The van der Waals surface area contributed by atoms with Crippen molar-refractivity contribution in [1.29, 1.82) is 0 Å². The van der Waals surface area contributed by atoms with Gasteiger partial charge >= 0.3 is 59.7 Å². The van der Waals surface area contributed by atoms with Gasteiger partial charge in [0.25, 0.3) is 0 Å². The highest BCUT2D eigenvalue weighted by Gasteiger charge is 2.60. The van der Waals surface area contributed by atoms with Crippen molar-refractivity contribution in [2.24, 2.45) is 107 Å².